The number of rotatable bonds is 4. The number of hydrogen-bond donors (Lipinski definition) is 2. The molecule has 1 amide bonds. The summed E-state index contributed by atoms with van der Waals surface area (Å²) in [6, 6.07) is 0.315. The zero-order valence-corrected chi connectivity index (χ0v) is 13.3. The van der Waals surface area contributed by atoms with Gasteiger partial charge in [-0.15, -0.1) is 5.10 Å². The highest BCUT2D eigenvalue weighted by Gasteiger charge is 2.30. The number of nitrogens with zero attached hydrogens (tertiary/aromatic N) is 3. The molecule has 0 aromatic carbocycles. The van der Waals surface area contributed by atoms with Crippen LogP contribution in [0.15, 0.2) is 6.33 Å². The van der Waals surface area contributed by atoms with E-state index in [1.54, 1.807) is 6.33 Å². The van der Waals surface area contributed by atoms with Crippen molar-refractivity contribution in [1.82, 2.24) is 25.4 Å². The standard InChI is InChI=1S/C14H23N5OS/c1-14(5-3-7-21-14)9-16-13(20)12-17-10-19(18-12)11-4-2-6-15-8-11/h10-11,15H,2-9H2,1H3,(H,16,20)/t11-,14+/m0/s1. The Morgan fingerprint density at radius 1 is 1.62 bits per heavy atom. The summed E-state index contributed by atoms with van der Waals surface area (Å²) in [7, 11) is 0. The zero-order chi connectivity index (χ0) is 14.7. The van der Waals surface area contributed by atoms with Gasteiger partial charge in [-0.2, -0.15) is 11.8 Å². The summed E-state index contributed by atoms with van der Waals surface area (Å²) in [6.45, 7) is 4.87. The smallest absolute Gasteiger partial charge is 0.291 e. The number of hydrogen-bond acceptors (Lipinski definition) is 5. The van der Waals surface area contributed by atoms with Crippen LogP contribution in [0.2, 0.25) is 0 Å². The zero-order valence-electron chi connectivity index (χ0n) is 12.5. The lowest BCUT2D eigenvalue weighted by molar-refractivity contribution is 0.0939. The number of nitrogens with one attached hydrogen (secondary N) is 2. The molecule has 1 aromatic heterocycles. The van der Waals surface area contributed by atoms with Gasteiger partial charge in [-0.05, 0) is 44.9 Å². The monoisotopic (exact) mass is 309 g/mol. The van der Waals surface area contributed by atoms with Crippen LogP contribution in [-0.4, -0.2) is 50.8 Å². The van der Waals surface area contributed by atoms with Crippen LogP contribution >= 0.6 is 11.8 Å². The summed E-state index contributed by atoms with van der Waals surface area (Å²) in [5.74, 6) is 1.31. The topological polar surface area (TPSA) is 71.8 Å². The molecule has 2 saturated heterocycles. The number of carbonyl (C=O) groups is 1. The van der Waals surface area contributed by atoms with Crippen LogP contribution < -0.4 is 10.6 Å². The second-order valence-electron chi connectivity index (χ2n) is 6.13. The first-order chi connectivity index (χ1) is 10.2. The van der Waals surface area contributed by atoms with Gasteiger partial charge in [-0.1, -0.05) is 0 Å². The highest BCUT2D eigenvalue weighted by molar-refractivity contribution is 8.00. The van der Waals surface area contributed by atoms with Gasteiger partial charge in [0.25, 0.3) is 5.91 Å². The second-order valence-corrected chi connectivity index (χ2v) is 7.82. The van der Waals surface area contributed by atoms with Crippen LogP contribution in [0.3, 0.4) is 0 Å². The van der Waals surface area contributed by atoms with Gasteiger partial charge in [-0.25, -0.2) is 9.67 Å². The molecule has 7 heteroatoms. The predicted octanol–water partition coefficient (Wildman–Crippen LogP) is 1.22. The lowest BCUT2D eigenvalue weighted by atomic mass is 10.1. The van der Waals surface area contributed by atoms with Crippen molar-refractivity contribution in [2.45, 2.75) is 43.4 Å². The van der Waals surface area contributed by atoms with E-state index in [9.17, 15) is 4.79 Å². The van der Waals surface area contributed by atoms with Crippen molar-refractivity contribution >= 4 is 17.7 Å². The van der Waals surface area contributed by atoms with Crippen molar-refractivity contribution in [2.24, 2.45) is 0 Å². The minimum atomic E-state index is -0.161. The molecule has 6 nitrogen and oxygen atoms in total. The molecule has 2 fully saturated rings. The molecule has 21 heavy (non-hydrogen) atoms. The van der Waals surface area contributed by atoms with E-state index in [0.717, 1.165) is 32.4 Å². The van der Waals surface area contributed by atoms with Gasteiger partial charge in [0.15, 0.2) is 0 Å². The summed E-state index contributed by atoms with van der Waals surface area (Å²) in [5.41, 5.74) is 0. The molecule has 2 N–H and O–H groups in total. The molecule has 2 aliphatic heterocycles. The van der Waals surface area contributed by atoms with Crippen molar-refractivity contribution in [3.8, 4) is 0 Å². The Bertz CT molecular complexity index is 491. The summed E-state index contributed by atoms with van der Waals surface area (Å²) in [4.78, 5) is 16.3. The molecule has 0 saturated carbocycles. The number of carbonyl (C=O) groups excluding carboxylic acids is 1. The third kappa shape index (κ3) is 3.58. The maximum atomic E-state index is 12.2. The summed E-state index contributed by atoms with van der Waals surface area (Å²) in [6.07, 6.45) is 6.30. The average molecular weight is 309 g/mol. The maximum absolute atomic E-state index is 12.2. The summed E-state index contributed by atoms with van der Waals surface area (Å²) < 4.78 is 2.00. The highest BCUT2D eigenvalue weighted by Crippen LogP contribution is 2.36. The summed E-state index contributed by atoms with van der Waals surface area (Å²) in [5, 5.41) is 10.7. The van der Waals surface area contributed by atoms with Crippen molar-refractivity contribution in [3.63, 3.8) is 0 Å². The Kier molecular flexibility index (Phi) is 4.49. The number of thioether (sulfide) groups is 1. The van der Waals surface area contributed by atoms with Crippen molar-refractivity contribution in [3.05, 3.63) is 12.2 Å². The number of aromatic nitrogens is 3. The minimum Gasteiger partial charge on any atom is -0.348 e. The molecule has 2 atom stereocenters. The van der Waals surface area contributed by atoms with Crippen LogP contribution in [0.25, 0.3) is 0 Å². The van der Waals surface area contributed by atoms with E-state index >= 15 is 0 Å². The fourth-order valence-electron chi connectivity index (χ4n) is 2.94. The predicted molar refractivity (Wildman–Crippen MR) is 83.6 cm³/mol. The van der Waals surface area contributed by atoms with Gasteiger partial charge in [0, 0.05) is 17.8 Å². The molecule has 0 radical (unpaired) electrons. The lowest BCUT2D eigenvalue weighted by Gasteiger charge is -2.22. The molecule has 0 spiro atoms. The van der Waals surface area contributed by atoms with E-state index in [0.29, 0.717) is 12.6 Å². The first-order valence-electron chi connectivity index (χ1n) is 7.70. The average Bonchev–Trinajstić information content (AvgIpc) is 3.16. The maximum Gasteiger partial charge on any atom is 0.291 e. The van der Waals surface area contributed by atoms with Gasteiger partial charge >= 0.3 is 0 Å². The third-order valence-corrected chi connectivity index (χ3v) is 5.82. The number of piperidine rings is 1. The first-order valence-corrected chi connectivity index (χ1v) is 8.69. The van der Waals surface area contributed by atoms with E-state index in [4.69, 9.17) is 0 Å². The Labute approximate surface area is 129 Å². The van der Waals surface area contributed by atoms with Crippen LogP contribution in [0, 0.1) is 0 Å². The quantitative estimate of drug-likeness (QED) is 0.875. The molecule has 0 aliphatic carbocycles. The molecule has 2 aliphatic rings. The Morgan fingerprint density at radius 3 is 3.24 bits per heavy atom. The highest BCUT2D eigenvalue weighted by atomic mass is 32.2. The molecule has 3 heterocycles. The van der Waals surface area contributed by atoms with Crippen molar-refractivity contribution < 1.29 is 4.79 Å². The van der Waals surface area contributed by atoms with Crippen LogP contribution in [-0.2, 0) is 0 Å². The minimum absolute atomic E-state index is 0.161. The van der Waals surface area contributed by atoms with E-state index < -0.39 is 0 Å². The van der Waals surface area contributed by atoms with Gasteiger partial charge in [-0.3, -0.25) is 4.79 Å². The summed E-state index contributed by atoms with van der Waals surface area (Å²) >= 11 is 1.94. The second kappa shape index (κ2) is 6.36. The molecule has 1 aromatic rings. The fourth-order valence-corrected chi connectivity index (χ4v) is 4.18. The lowest BCUT2D eigenvalue weighted by Crippen LogP contribution is -2.37. The van der Waals surface area contributed by atoms with Gasteiger partial charge in [0.05, 0.1) is 6.04 Å². The Morgan fingerprint density at radius 2 is 2.52 bits per heavy atom. The molecular weight excluding hydrogens is 286 g/mol. The van der Waals surface area contributed by atoms with E-state index in [-0.39, 0.29) is 16.5 Å². The largest absolute Gasteiger partial charge is 0.348 e. The van der Waals surface area contributed by atoms with Crippen LogP contribution in [0.4, 0.5) is 0 Å². The Hall–Kier alpha value is -1.08. The molecule has 0 bridgehead atoms. The van der Waals surface area contributed by atoms with E-state index in [2.05, 4.69) is 27.6 Å². The number of amides is 1. The van der Waals surface area contributed by atoms with E-state index in [1.807, 2.05) is 16.4 Å². The molecule has 116 valence electrons. The Balaban J connectivity index is 1.56. The van der Waals surface area contributed by atoms with Crippen molar-refractivity contribution in [2.75, 3.05) is 25.4 Å². The van der Waals surface area contributed by atoms with Gasteiger partial charge < -0.3 is 10.6 Å². The van der Waals surface area contributed by atoms with E-state index in [1.165, 1.54) is 12.2 Å². The van der Waals surface area contributed by atoms with Crippen LogP contribution in [0.1, 0.15) is 49.3 Å². The van der Waals surface area contributed by atoms with Gasteiger partial charge in [0.2, 0.25) is 5.82 Å². The molecular formula is C14H23N5OS. The fraction of sp³-hybridized carbons (Fsp3) is 0.786. The van der Waals surface area contributed by atoms with Gasteiger partial charge in [0.1, 0.15) is 6.33 Å². The normalized spacial score (nSPS) is 29.5. The first kappa shape index (κ1) is 14.8. The molecule has 3 rings (SSSR count). The third-order valence-electron chi connectivity index (χ3n) is 4.28. The SMILES string of the molecule is C[C@]1(CNC(=O)c2ncn([C@H]3CCCNC3)n2)CCCS1. The van der Waals surface area contributed by atoms with Crippen molar-refractivity contribution in [1.29, 1.82) is 0 Å². The molecule has 0 unspecified atom stereocenters. The van der Waals surface area contributed by atoms with Crippen LogP contribution in [0.5, 0.6) is 0 Å².